The van der Waals surface area contributed by atoms with E-state index in [2.05, 4.69) is 26.7 Å². The minimum absolute atomic E-state index is 0.0191. The first-order chi connectivity index (χ1) is 15.1. The molecule has 3 aromatic rings. The van der Waals surface area contributed by atoms with E-state index in [9.17, 15) is 15.5 Å². The third-order valence-electron chi connectivity index (χ3n) is 6.06. The molecule has 0 radical (unpaired) electrons. The normalized spacial score (nSPS) is 17.4. The van der Waals surface area contributed by atoms with E-state index in [0.717, 1.165) is 33.6 Å². The van der Waals surface area contributed by atoms with E-state index in [1.165, 1.54) is 0 Å². The summed E-state index contributed by atoms with van der Waals surface area (Å²) >= 11 is 0. The van der Waals surface area contributed by atoms with Gasteiger partial charge in [0.1, 0.15) is 6.07 Å². The molecule has 0 saturated carbocycles. The highest BCUT2D eigenvalue weighted by molar-refractivity contribution is 5.76. The van der Waals surface area contributed by atoms with E-state index in [-0.39, 0.29) is 6.61 Å². The quantitative estimate of drug-likeness (QED) is 0.485. The third-order valence-corrected chi connectivity index (χ3v) is 6.06. The van der Waals surface area contributed by atoms with Crippen LogP contribution >= 0.6 is 0 Å². The molecule has 0 amide bonds. The maximum absolute atomic E-state index is 10.3. The molecule has 0 spiro atoms. The molecule has 4 rings (SSSR count). The number of aliphatic hydroxyl groups excluding tert-OH is 1. The fraction of sp³-hybridized carbons (Fsp3) is 0.320. The molecule has 0 unspecified atom stereocenters. The molecule has 0 fully saturated rings. The van der Waals surface area contributed by atoms with Crippen LogP contribution in [0.1, 0.15) is 43.0 Å². The van der Waals surface area contributed by atoms with Crippen LogP contribution in [0.3, 0.4) is 0 Å². The molecular formula is C25H27N5O2. The number of rotatable bonds is 5. The van der Waals surface area contributed by atoms with Crippen molar-refractivity contribution >= 4 is 17.3 Å². The highest BCUT2D eigenvalue weighted by atomic mass is 16.3. The summed E-state index contributed by atoms with van der Waals surface area (Å²) in [7, 11) is 0. The first kappa shape index (κ1) is 21.8. The maximum atomic E-state index is 10.3. The molecule has 2 aromatic carbocycles. The Morgan fingerprint density at radius 2 is 2.03 bits per heavy atom. The van der Waals surface area contributed by atoms with Crippen molar-refractivity contribution in [3.63, 3.8) is 0 Å². The van der Waals surface area contributed by atoms with Crippen molar-refractivity contribution in [3.8, 4) is 17.3 Å². The largest absolute Gasteiger partial charge is 0.395 e. The van der Waals surface area contributed by atoms with Crippen LogP contribution in [-0.2, 0) is 11.0 Å². The van der Waals surface area contributed by atoms with Crippen molar-refractivity contribution in [1.82, 2.24) is 9.97 Å². The maximum Gasteiger partial charge on any atom is 0.227 e. The lowest BCUT2D eigenvalue weighted by molar-refractivity contribution is 0.0786. The van der Waals surface area contributed by atoms with Gasteiger partial charge < -0.3 is 20.8 Å². The number of anilines is 3. The van der Waals surface area contributed by atoms with Crippen LogP contribution in [0.25, 0.3) is 11.3 Å². The van der Waals surface area contributed by atoms with Crippen molar-refractivity contribution in [2.75, 3.05) is 23.8 Å². The molecule has 0 bridgehead atoms. The number of fused-ring (bicyclic) bond motifs is 1. The minimum atomic E-state index is -0.960. The van der Waals surface area contributed by atoms with Gasteiger partial charge in [0.05, 0.1) is 29.2 Å². The minimum Gasteiger partial charge on any atom is -0.395 e. The number of nitrogens with zero attached hydrogens (tertiary/aromatic N) is 3. The molecule has 7 heteroatoms. The van der Waals surface area contributed by atoms with Gasteiger partial charge in [0.15, 0.2) is 0 Å². The number of benzene rings is 2. The van der Waals surface area contributed by atoms with Gasteiger partial charge in [-0.3, -0.25) is 0 Å². The van der Waals surface area contributed by atoms with Gasteiger partial charge in [-0.2, -0.15) is 5.26 Å². The van der Waals surface area contributed by atoms with Crippen molar-refractivity contribution in [1.29, 1.82) is 5.26 Å². The van der Waals surface area contributed by atoms with Crippen LogP contribution in [-0.4, -0.2) is 33.3 Å². The fourth-order valence-corrected chi connectivity index (χ4v) is 3.90. The number of aliphatic hydroxyl groups is 2. The summed E-state index contributed by atoms with van der Waals surface area (Å²) < 4.78 is 0. The zero-order valence-electron chi connectivity index (χ0n) is 18.7. The second kappa shape index (κ2) is 7.90. The van der Waals surface area contributed by atoms with Gasteiger partial charge in [0, 0.05) is 29.4 Å². The lowest BCUT2D eigenvalue weighted by atomic mass is 9.83. The summed E-state index contributed by atoms with van der Waals surface area (Å²) in [6.07, 6.45) is 1.67. The Kier molecular flexibility index (Phi) is 5.37. The van der Waals surface area contributed by atoms with Gasteiger partial charge in [-0.25, -0.2) is 9.97 Å². The number of hydrogen-bond donors (Lipinski definition) is 4. The number of nitriles is 1. The Morgan fingerprint density at radius 1 is 1.25 bits per heavy atom. The van der Waals surface area contributed by atoms with Crippen molar-refractivity contribution in [3.05, 3.63) is 64.8 Å². The molecule has 164 valence electrons. The molecule has 2 heterocycles. The van der Waals surface area contributed by atoms with E-state index in [1.54, 1.807) is 32.2 Å². The molecule has 4 N–H and O–H groups in total. The van der Waals surface area contributed by atoms with Gasteiger partial charge in [-0.1, -0.05) is 19.1 Å². The molecule has 1 atom stereocenters. The second-order valence-electron chi connectivity index (χ2n) is 9.11. The Hall–Kier alpha value is -3.47. The summed E-state index contributed by atoms with van der Waals surface area (Å²) in [6.45, 7) is 7.99. The number of nitrogens with one attached hydrogen (secondary N) is 2. The highest BCUT2D eigenvalue weighted by Crippen LogP contribution is 2.41. The Labute approximate surface area is 187 Å². The molecule has 1 aliphatic heterocycles. The summed E-state index contributed by atoms with van der Waals surface area (Å²) in [5.41, 5.74) is 4.85. The first-order valence-corrected chi connectivity index (χ1v) is 10.5. The van der Waals surface area contributed by atoms with E-state index >= 15 is 0 Å². The van der Waals surface area contributed by atoms with Crippen LogP contribution in [0.5, 0.6) is 0 Å². The fourth-order valence-electron chi connectivity index (χ4n) is 3.90. The average Bonchev–Trinajstić information content (AvgIpc) is 3.11. The zero-order chi connectivity index (χ0) is 23.1. The van der Waals surface area contributed by atoms with Gasteiger partial charge in [-0.15, -0.1) is 0 Å². The first-order valence-electron chi connectivity index (χ1n) is 10.5. The Bertz CT molecular complexity index is 1230. The van der Waals surface area contributed by atoms with Gasteiger partial charge in [-0.05, 0) is 61.7 Å². The summed E-state index contributed by atoms with van der Waals surface area (Å²) in [6, 6.07) is 13.6. The van der Waals surface area contributed by atoms with Crippen LogP contribution in [0, 0.1) is 18.3 Å². The summed E-state index contributed by atoms with van der Waals surface area (Å²) in [5, 5.41) is 36.5. The van der Waals surface area contributed by atoms with Crippen LogP contribution < -0.4 is 10.6 Å². The second-order valence-corrected chi connectivity index (χ2v) is 9.11. The van der Waals surface area contributed by atoms with E-state index < -0.39 is 11.0 Å². The van der Waals surface area contributed by atoms with E-state index in [4.69, 9.17) is 0 Å². The molecule has 32 heavy (non-hydrogen) atoms. The SMILES string of the molecule is Cc1ccc(C(C)(C)O)cc1Nc1nccc(-c2cc(C#N)c3c(c2)[C@@](C)(CO)CN3)n1. The summed E-state index contributed by atoms with van der Waals surface area (Å²) in [5.74, 6) is 0.417. The molecule has 0 aliphatic carbocycles. The van der Waals surface area contributed by atoms with E-state index in [1.807, 2.05) is 38.1 Å². The highest BCUT2D eigenvalue weighted by Gasteiger charge is 2.36. The number of aryl methyl sites for hydroxylation is 1. The van der Waals surface area contributed by atoms with E-state index in [0.29, 0.717) is 23.8 Å². The number of aromatic nitrogens is 2. The van der Waals surface area contributed by atoms with Crippen LogP contribution in [0.15, 0.2) is 42.6 Å². The lowest BCUT2D eigenvalue weighted by Gasteiger charge is -2.21. The van der Waals surface area contributed by atoms with Gasteiger partial charge in [0.2, 0.25) is 5.95 Å². The summed E-state index contributed by atoms with van der Waals surface area (Å²) in [4.78, 5) is 9.02. The third kappa shape index (κ3) is 3.91. The van der Waals surface area contributed by atoms with Crippen molar-refractivity contribution in [2.45, 2.75) is 38.7 Å². The molecule has 0 saturated heterocycles. The van der Waals surface area contributed by atoms with Crippen LogP contribution in [0.4, 0.5) is 17.3 Å². The topological polar surface area (TPSA) is 114 Å². The number of hydrogen-bond acceptors (Lipinski definition) is 7. The smallest absolute Gasteiger partial charge is 0.227 e. The van der Waals surface area contributed by atoms with Crippen molar-refractivity contribution in [2.24, 2.45) is 0 Å². The lowest BCUT2D eigenvalue weighted by Crippen LogP contribution is -2.28. The predicted molar refractivity (Wildman–Crippen MR) is 125 cm³/mol. The Balaban J connectivity index is 1.73. The molecule has 1 aromatic heterocycles. The standard InChI is InChI=1S/C25H27N5O2/c1-15-5-6-18(24(2,3)32)11-21(15)30-23-27-8-7-20(29-23)16-9-17(12-26)22-19(10-16)25(4,14-31)13-28-22/h5-11,28,31-32H,13-14H2,1-4H3,(H,27,29,30)/t25-/m1/s1. The Morgan fingerprint density at radius 3 is 2.72 bits per heavy atom. The molecule has 1 aliphatic rings. The van der Waals surface area contributed by atoms with Crippen LogP contribution in [0.2, 0.25) is 0 Å². The zero-order valence-corrected chi connectivity index (χ0v) is 18.7. The molecular weight excluding hydrogens is 402 g/mol. The monoisotopic (exact) mass is 429 g/mol. The van der Waals surface area contributed by atoms with Gasteiger partial charge in [0.25, 0.3) is 0 Å². The predicted octanol–water partition coefficient (Wildman–Crippen LogP) is 3.97. The van der Waals surface area contributed by atoms with Gasteiger partial charge >= 0.3 is 0 Å². The average molecular weight is 430 g/mol. The van der Waals surface area contributed by atoms with Crippen molar-refractivity contribution < 1.29 is 10.2 Å². The molecule has 7 nitrogen and oxygen atoms in total.